The number of carbonyl (C=O) groups is 1. The quantitative estimate of drug-likeness (QED) is 0.487. The molecule has 5 rings (SSSR count). The summed E-state index contributed by atoms with van der Waals surface area (Å²) in [7, 11) is 0. The lowest BCUT2D eigenvalue weighted by Gasteiger charge is -2.47. The highest BCUT2D eigenvalue weighted by Gasteiger charge is 2.40. The smallest absolute Gasteiger partial charge is 0.226 e. The molecule has 1 amide bonds. The first-order valence-corrected chi connectivity index (χ1v) is 12.6. The first kappa shape index (κ1) is 24.4. The molecule has 36 heavy (non-hydrogen) atoms. The van der Waals surface area contributed by atoms with Gasteiger partial charge in [-0.05, 0) is 49.7 Å². The van der Waals surface area contributed by atoms with Crippen LogP contribution in [0.25, 0.3) is 11.1 Å². The average Bonchev–Trinajstić information content (AvgIpc) is 2.88. The maximum Gasteiger partial charge on any atom is 0.226 e. The van der Waals surface area contributed by atoms with Crippen LogP contribution < -0.4 is 10.1 Å². The molecular formula is C29H32FN3O3. The van der Waals surface area contributed by atoms with Gasteiger partial charge in [-0.15, -0.1) is 0 Å². The van der Waals surface area contributed by atoms with Crippen LogP contribution in [0, 0.1) is 11.2 Å². The van der Waals surface area contributed by atoms with Gasteiger partial charge in [0.2, 0.25) is 5.91 Å². The minimum Gasteiger partial charge on any atom is -0.492 e. The van der Waals surface area contributed by atoms with Crippen LogP contribution in [0.2, 0.25) is 0 Å². The van der Waals surface area contributed by atoms with Gasteiger partial charge in [0.25, 0.3) is 0 Å². The Hall–Kier alpha value is -3.29. The standard InChI is InChI=1S/C29H32FN3O3/c30-27-17-25(36-15-14-33-12-10-29(11-13-33)20-35-21-29)8-9-26(27)23-6-7-24(31-19-23)16-28(34)32-18-22-4-2-1-3-5-22/h1-9,17,19H,10-16,18,20-21H2,(H,32,34). The van der Waals surface area contributed by atoms with Crippen molar-refractivity contribution in [3.05, 3.63) is 83.9 Å². The SMILES string of the molecule is O=C(Cc1ccc(-c2ccc(OCCN3CCC4(CC3)COC4)cc2F)cn1)NCc1ccccc1. The van der Waals surface area contributed by atoms with E-state index in [1.165, 1.54) is 18.9 Å². The zero-order valence-corrected chi connectivity index (χ0v) is 20.4. The normalized spacial score (nSPS) is 16.9. The Morgan fingerprint density at radius 2 is 1.89 bits per heavy atom. The molecule has 3 aromatic rings. The molecular weight excluding hydrogens is 457 g/mol. The summed E-state index contributed by atoms with van der Waals surface area (Å²) in [5.41, 5.74) is 3.23. The zero-order valence-electron chi connectivity index (χ0n) is 20.4. The fraction of sp³-hybridized carbons (Fsp3) is 0.379. The minimum absolute atomic E-state index is 0.104. The van der Waals surface area contributed by atoms with Crippen molar-refractivity contribution < 1.29 is 18.7 Å². The lowest BCUT2D eigenvalue weighted by Crippen LogP contribution is -2.51. The maximum absolute atomic E-state index is 14.8. The Kier molecular flexibility index (Phi) is 7.58. The number of piperidine rings is 1. The number of benzene rings is 2. The van der Waals surface area contributed by atoms with Gasteiger partial charge < -0.3 is 14.8 Å². The molecule has 2 saturated heterocycles. The third kappa shape index (κ3) is 6.09. The summed E-state index contributed by atoms with van der Waals surface area (Å²) in [6.07, 6.45) is 4.15. The fourth-order valence-corrected chi connectivity index (χ4v) is 4.75. The van der Waals surface area contributed by atoms with E-state index in [-0.39, 0.29) is 18.1 Å². The molecule has 6 nitrogen and oxygen atoms in total. The van der Waals surface area contributed by atoms with Crippen LogP contribution in [0.1, 0.15) is 24.1 Å². The molecule has 1 aromatic heterocycles. The van der Waals surface area contributed by atoms with E-state index in [2.05, 4.69) is 15.2 Å². The second-order valence-corrected chi connectivity index (χ2v) is 9.80. The zero-order chi connectivity index (χ0) is 24.8. The number of carbonyl (C=O) groups excluding carboxylic acids is 1. The predicted octanol–water partition coefficient (Wildman–Crippen LogP) is 4.24. The van der Waals surface area contributed by atoms with Gasteiger partial charge in [-0.3, -0.25) is 14.7 Å². The molecule has 1 spiro atoms. The Morgan fingerprint density at radius 1 is 1.08 bits per heavy atom. The largest absolute Gasteiger partial charge is 0.492 e. The van der Waals surface area contributed by atoms with Crippen molar-refractivity contribution in [1.29, 1.82) is 0 Å². The molecule has 0 bridgehead atoms. The number of halogens is 1. The second-order valence-electron chi connectivity index (χ2n) is 9.80. The van der Waals surface area contributed by atoms with Crippen LogP contribution >= 0.6 is 0 Å². The predicted molar refractivity (Wildman–Crippen MR) is 136 cm³/mol. The highest BCUT2D eigenvalue weighted by molar-refractivity contribution is 5.78. The van der Waals surface area contributed by atoms with Crippen molar-refractivity contribution >= 4 is 5.91 Å². The molecule has 3 heterocycles. The third-order valence-corrected chi connectivity index (χ3v) is 7.16. The molecule has 188 valence electrons. The van der Waals surface area contributed by atoms with Crippen molar-refractivity contribution in [2.45, 2.75) is 25.8 Å². The van der Waals surface area contributed by atoms with Gasteiger partial charge in [0, 0.05) is 47.6 Å². The molecule has 2 aliphatic rings. The van der Waals surface area contributed by atoms with E-state index >= 15 is 0 Å². The van der Waals surface area contributed by atoms with Crippen LogP contribution in [-0.4, -0.2) is 55.2 Å². The number of nitrogens with one attached hydrogen (secondary N) is 1. The number of pyridine rings is 1. The molecule has 0 unspecified atom stereocenters. The number of likely N-dealkylation sites (tertiary alicyclic amines) is 1. The third-order valence-electron chi connectivity index (χ3n) is 7.16. The van der Waals surface area contributed by atoms with E-state index in [0.29, 0.717) is 41.1 Å². The van der Waals surface area contributed by atoms with E-state index in [1.807, 2.05) is 30.3 Å². The first-order valence-electron chi connectivity index (χ1n) is 12.6. The van der Waals surface area contributed by atoms with Crippen molar-refractivity contribution in [3.63, 3.8) is 0 Å². The number of hydrogen-bond donors (Lipinski definition) is 1. The number of ether oxygens (including phenoxy) is 2. The van der Waals surface area contributed by atoms with Gasteiger partial charge in [0.1, 0.15) is 18.2 Å². The fourth-order valence-electron chi connectivity index (χ4n) is 4.75. The first-order chi connectivity index (χ1) is 17.6. The molecule has 0 atom stereocenters. The maximum atomic E-state index is 14.8. The Bertz CT molecular complexity index is 1160. The van der Waals surface area contributed by atoms with Crippen molar-refractivity contribution in [3.8, 4) is 16.9 Å². The topological polar surface area (TPSA) is 63.7 Å². The van der Waals surface area contributed by atoms with Gasteiger partial charge >= 0.3 is 0 Å². The van der Waals surface area contributed by atoms with Gasteiger partial charge in [-0.1, -0.05) is 36.4 Å². The summed E-state index contributed by atoms with van der Waals surface area (Å²) in [6, 6.07) is 18.2. The number of aromatic nitrogens is 1. The number of hydrogen-bond acceptors (Lipinski definition) is 5. The van der Waals surface area contributed by atoms with Crippen LogP contribution in [0.15, 0.2) is 66.9 Å². The summed E-state index contributed by atoms with van der Waals surface area (Å²) < 4.78 is 26.0. The van der Waals surface area contributed by atoms with E-state index in [4.69, 9.17) is 9.47 Å². The summed E-state index contributed by atoms with van der Waals surface area (Å²) in [6.45, 7) is 5.80. The van der Waals surface area contributed by atoms with Crippen LogP contribution in [0.3, 0.4) is 0 Å². The number of amides is 1. The molecule has 0 saturated carbocycles. The number of rotatable bonds is 9. The highest BCUT2D eigenvalue weighted by Crippen LogP contribution is 2.38. The van der Waals surface area contributed by atoms with Crippen LogP contribution in [-0.2, 0) is 22.5 Å². The molecule has 2 aromatic carbocycles. The van der Waals surface area contributed by atoms with Crippen molar-refractivity contribution in [2.75, 3.05) is 39.5 Å². The van der Waals surface area contributed by atoms with E-state index in [9.17, 15) is 9.18 Å². The molecule has 2 fully saturated rings. The summed E-state index contributed by atoms with van der Waals surface area (Å²) in [5.74, 6) is 0.0669. The molecule has 7 heteroatoms. The minimum atomic E-state index is -0.354. The van der Waals surface area contributed by atoms with E-state index in [0.717, 1.165) is 38.4 Å². The monoisotopic (exact) mass is 489 g/mol. The number of nitrogens with zero attached hydrogens (tertiary/aromatic N) is 2. The Morgan fingerprint density at radius 3 is 2.56 bits per heavy atom. The van der Waals surface area contributed by atoms with Gasteiger partial charge in [0.15, 0.2) is 0 Å². The van der Waals surface area contributed by atoms with Gasteiger partial charge in [-0.2, -0.15) is 0 Å². The van der Waals surface area contributed by atoms with Crippen LogP contribution in [0.4, 0.5) is 4.39 Å². The van der Waals surface area contributed by atoms with Gasteiger partial charge in [-0.25, -0.2) is 4.39 Å². The average molecular weight is 490 g/mol. The molecule has 0 aliphatic carbocycles. The van der Waals surface area contributed by atoms with Gasteiger partial charge in [0.05, 0.1) is 19.6 Å². The summed E-state index contributed by atoms with van der Waals surface area (Å²) in [4.78, 5) is 19.0. The van der Waals surface area contributed by atoms with E-state index in [1.54, 1.807) is 30.5 Å². The highest BCUT2D eigenvalue weighted by atomic mass is 19.1. The van der Waals surface area contributed by atoms with E-state index < -0.39 is 0 Å². The summed E-state index contributed by atoms with van der Waals surface area (Å²) >= 11 is 0. The molecule has 1 N–H and O–H groups in total. The van der Waals surface area contributed by atoms with Crippen molar-refractivity contribution in [2.24, 2.45) is 5.41 Å². The molecule has 0 radical (unpaired) electrons. The Labute approximate surface area is 211 Å². The van der Waals surface area contributed by atoms with Crippen LogP contribution in [0.5, 0.6) is 5.75 Å². The lowest BCUT2D eigenvalue weighted by atomic mass is 9.77. The lowest BCUT2D eigenvalue weighted by molar-refractivity contribution is -0.139. The summed E-state index contributed by atoms with van der Waals surface area (Å²) in [5, 5.41) is 2.89. The second kappa shape index (κ2) is 11.2. The van der Waals surface area contributed by atoms with Crippen molar-refractivity contribution in [1.82, 2.24) is 15.2 Å². The Balaban J connectivity index is 1.08. The molecule has 2 aliphatic heterocycles.